The van der Waals surface area contributed by atoms with Gasteiger partial charge >= 0.3 is 0 Å². The molecule has 4 nitrogen and oxygen atoms in total. The van der Waals surface area contributed by atoms with Crippen LogP contribution in [0.5, 0.6) is 5.75 Å². The Morgan fingerprint density at radius 3 is 2.18 bits per heavy atom. The summed E-state index contributed by atoms with van der Waals surface area (Å²) in [6.45, 7) is 1.12. The minimum Gasteiger partial charge on any atom is -0.493 e. The summed E-state index contributed by atoms with van der Waals surface area (Å²) >= 11 is 0. The van der Waals surface area contributed by atoms with Crippen LogP contribution in [-0.4, -0.2) is 17.4 Å². The van der Waals surface area contributed by atoms with E-state index in [1.807, 2.05) is 77.7 Å². The van der Waals surface area contributed by atoms with Gasteiger partial charge in [0.05, 0.1) is 12.2 Å². The number of ether oxygens (including phenoxy) is 1. The normalized spacial score (nSPS) is 14.9. The minimum atomic E-state index is -0.326. The van der Waals surface area contributed by atoms with Gasteiger partial charge in [-0.25, -0.2) is 0 Å². The predicted octanol–water partition coefficient (Wildman–Crippen LogP) is 6.46. The van der Waals surface area contributed by atoms with Crippen LogP contribution in [0.1, 0.15) is 39.6 Å². The molecule has 0 fully saturated rings. The summed E-state index contributed by atoms with van der Waals surface area (Å²) < 4.78 is 6.26. The highest BCUT2D eigenvalue weighted by Gasteiger charge is 2.34. The second-order valence-electron chi connectivity index (χ2n) is 8.49. The number of rotatable bonds is 8. The lowest BCUT2D eigenvalue weighted by molar-refractivity contribution is 0.0664. The number of amides is 1. The van der Waals surface area contributed by atoms with Gasteiger partial charge in [0.15, 0.2) is 0 Å². The Hall–Kier alpha value is -4.05. The van der Waals surface area contributed by atoms with Crippen molar-refractivity contribution in [2.45, 2.75) is 25.6 Å². The monoisotopic (exact) mass is 448 g/mol. The van der Waals surface area contributed by atoms with Crippen LogP contribution in [0.2, 0.25) is 0 Å². The quantitative estimate of drug-likeness (QED) is 0.314. The zero-order valence-electron chi connectivity index (χ0n) is 19.1. The molecule has 4 aromatic carbocycles. The smallest absolute Gasteiger partial charge is 0.258 e. The molecular weight excluding hydrogens is 420 g/mol. The van der Waals surface area contributed by atoms with E-state index < -0.39 is 0 Å². The van der Waals surface area contributed by atoms with Gasteiger partial charge in [-0.1, -0.05) is 91.0 Å². The first-order chi connectivity index (χ1) is 16.8. The molecule has 0 saturated heterocycles. The molecule has 0 aliphatic carbocycles. The first-order valence-electron chi connectivity index (χ1n) is 11.8. The average Bonchev–Trinajstić information content (AvgIpc) is 2.90. The second kappa shape index (κ2) is 10.3. The zero-order chi connectivity index (χ0) is 23.2. The summed E-state index contributed by atoms with van der Waals surface area (Å²) in [6, 6.07) is 36.3. The molecule has 4 aromatic rings. The maximum atomic E-state index is 13.6. The highest BCUT2D eigenvalue weighted by atomic mass is 16.5. The van der Waals surface area contributed by atoms with Gasteiger partial charge in [-0.15, -0.1) is 0 Å². The molecule has 5 rings (SSSR count). The Labute approximate surface area is 200 Å². The summed E-state index contributed by atoms with van der Waals surface area (Å²) in [7, 11) is 0. The van der Waals surface area contributed by atoms with Crippen LogP contribution >= 0.6 is 0 Å². The fourth-order valence-electron chi connectivity index (χ4n) is 4.42. The number of para-hydroxylation sites is 2. The molecule has 1 unspecified atom stereocenters. The minimum absolute atomic E-state index is 0.0158. The lowest BCUT2D eigenvalue weighted by Crippen LogP contribution is -2.42. The Morgan fingerprint density at radius 2 is 1.38 bits per heavy atom. The van der Waals surface area contributed by atoms with Crippen molar-refractivity contribution in [1.82, 2.24) is 4.90 Å². The van der Waals surface area contributed by atoms with Crippen molar-refractivity contribution >= 4 is 11.6 Å². The van der Waals surface area contributed by atoms with Crippen molar-refractivity contribution < 1.29 is 9.53 Å². The number of hydrogen-bond acceptors (Lipinski definition) is 3. The molecule has 4 heteroatoms. The summed E-state index contributed by atoms with van der Waals surface area (Å²) in [5.74, 6) is 0.820. The first-order valence-corrected chi connectivity index (χ1v) is 11.8. The van der Waals surface area contributed by atoms with E-state index in [9.17, 15) is 4.79 Å². The topological polar surface area (TPSA) is 41.6 Å². The molecule has 1 heterocycles. The van der Waals surface area contributed by atoms with E-state index in [1.165, 1.54) is 5.56 Å². The Morgan fingerprint density at radius 1 is 0.735 bits per heavy atom. The van der Waals surface area contributed by atoms with Crippen molar-refractivity contribution in [1.29, 1.82) is 0 Å². The van der Waals surface area contributed by atoms with Crippen LogP contribution < -0.4 is 10.1 Å². The standard InChI is InChI=1S/C30H28N2O2/c33-30-25-17-7-9-19-27(25)31-29(32(30)22-24-14-5-2-6-15-24)26-18-8-10-20-28(26)34-21-11-16-23-12-3-1-4-13-23/h1-10,12-15,17-20,29,31H,11,16,21-22H2. The van der Waals surface area contributed by atoms with E-state index in [-0.39, 0.29) is 12.1 Å². The van der Waals surface area contributed by atoms with Crippen molar-refractivity contribution in [3.8, 4) is 5.75 Å². The largest absolute Gasteiger partial charge is 0.493 e. The molecule has 34 heavy (non-hydrogen) atoms. The summed E-state index contributed by atoms with van der Waals surface area (Å²) in [4.78, 5) is 15.5. The van der Waals surface area contributed by atoms with E-state index in [2.05, 4.69) is 41.7 Å². The fourth-order valence-corrected chi connectivity index (χ4v) is 4.42. The lowest BCUT2D eigenvalue weighted by atomic mass is 10.0. The van der Waals surface area contributed by atoms with Gasteiger partial charge in [0.1, 0.15) is 11.9 Å². The van der Waals surface area contributed by atoms with Crippen molar-refractivity contribution in [2.24, 2.45) is 0 Å². The van der Waals surface area contributed by atoms with Gasteiger partial charge in [-0.05, 0) is 42.2 Å². The maximum absolute atomic E-state index is 13.6. The van der Waals surface area contributed by atoms with Crippen LogP contribution in [0, 0.1) is 0 Å². The molecule has 0 radical (unpaired) electrons. The summed E-state index contributed by atoms with van der Waals surface area (Å²) in [6.07, 6.45) is 1.57. The number of hydrogen-bond donors (Lipinski definition) is 1. The van der Waals surface area contributed by atoms with Gasteiger partial charge in [0, 0.05) is 17.8 Å². The van der Waals surface area contributed by atoms with Gasteiger partial charge < -0.3 is 15.0 Å². The molecule has 0 saturated carbocycles. The van der Waals surface area contributed by atoms with Crippen molar-refractivity contribution in [3.63, 3.8) is 0 Å². The van der Waals surface area contributed by atoms with Crippen LogP contribution in [0.4, 0.5) is 5.69 Å². The molecule has 1 amide bonds. The van der Waals surface area contributed by atoms with Crippen LogP contribution in [0.15, 0.2) is 109 Å². The van der Waals surface area contributed by atoms with E-state index in [0.717, 1.165) is 35.4 Å². The first kappa shape index (κ1) is 21.8. The molecule has 170 valence electrons. The molecular formula is C30H28N2O2. The highest BCUT2D eigenvalue weighted by molar-refractivity contribution is 6.01. The van der Waals surface area contributed by atoms with Gasteiger partial charge in [0.25, 0.3) is 5.91 Å². The second-order valence-corrected chi connectivity index (χ2v) is 8.49. The van der Waals surface area contributed by atoms with Gasteiger partial charge in [0.2, 0.25) is 0 Å². The predicted molar refractivity (Wildman–Crippen MR) is 136 cm³/mol. The Balaban J connectivity index is 1.39. The summed E-state index contributed by atoms with van der Waals surface area (Å²) in [5.41, 5.74) is 4.89. The van der Waals surface area contributed by atoms with Crippen molar-refractivity contribution in [3.05, 3.63) is 131 Å². The van der Waals surface area contributed by atoms with Crippen molar-refractivity contribution in [2.75, 3.05) is 11.9 Å². The molecule has 1 atom stereocenters. The van der Waals surface area contributed by atoms with E-state index >= 15 is 0 Å². The van der Waals surface area contributed by atoms with E-state index in [1.54, 1.807) is 0 Å². The average molecular weight is 449 g/mol. The van der Waals surface area contributed by atoms with E-state index in [0.29, 0.717) is 18.7 Å². The molecule has 0 aromatic heterocycles. The summed E-state index contributed by atoms with van der Waals surface area (Å²) in [5, 5.41) is 3.60. The molecule has 1 aliphatic heterocycles. The molecule has 1 N–H and O–H groups in total. The Kier molecular flexibility index (Phi) is 6.57. The number of nitrogens with zero attached hydrogens (tertiary/aromatic N) is 1. The number of anilines is 1. The van der Waals surface area contributed by atoms with Crippen LogP contribution in [-0.2, 0) is 13.0 Å². The molecule has 1 aliphatic rings. The number of nitrogens with one attached hydrogen (secondary N) is 1. The third-order valence-corrected chi connectivity index (χ3v) is 6.14. The maximum Gasteiger partial charge on any atom is 0.258 e. The fraction of sp³-hybridized carbons (Fsp3) is 0.167. The third-order valence-electron chi connectivity index (χ3n) is 6.14. The zero-order valence-corrected chi connectivity index (χ0v) is 19.1. The van der Waals surface area contributed by atoms with Gasteiger partial charge in [-0.3, -0.25) is 4.79 Å². The van der Waals surface area contributed by atoms with Crippen LogP contribution in [0.25, 0.3) is 0 Å². The highest BCUT2D eigenvalue weighted by Crippen LogP contribution is 2.37. The number of benzene rings is 4. The molecule has 0 spiro atoms. The van der Waals surface area contributed by atoms with Gasteiger partial charge in [-0.2, -0.15) is 0 Å². The van der Waals surface area contributed by atoms with E-state index in [4.69, 9.17) is 4.74 Å². The molecule has 0 bridgehead atoms. The number of fused-ring (bicyclic) bond motifs is 1. The number of carbonyl (C=O) groups excluding carboxylic acids is 1. The number of aryl methyl sites for hydroxylation is 1. The lowest BCUT2D eigenvalue weighted by Gasteiger charge is -2.38. The Bertz CT molecular complexity index is 1240. The SMILES string of the molecule is O=C1c2ccccc2NC(c2ccccc2OCCCc2ccccc2)N1Cc1ccccc1. The third kappa shape index (κ3) is 4.81. The van der Waals surface area contributed by atoms with Crippen LogP contribution in [0.3, 0.4) is 0 Å². The number of carbonyl (C=O) groups is 1.